The van der Waals surface area contributed by atoms with Gasteiger partial charge in [0.05, 0.1) is 14.2 Å². The monoisotopic (exact) mass is 864 g/mol. The highest BCUT2D eigenvalue weighted by molar-refractivity contribution is 5.91. The van der Waals surface area contributed by atoms with Gasteiger partial charge in [-0.1, -0.05) is 231 Å². The molecule has 0 saturated carbocycles. The number of methoxy groups -OCH3 is 2. The number of benzene rings is 10. The number of carbonyl (C=O) groups is 2. The molecule has 66 heavy (non-hydrogen) atoms. The predicted octanol–water partition coefficient (Wildman–Crippen LogP) is 14.0. The third-order valence-corrected chi connectivity index (χ3v) is 12.0. The molecule has 0 aliphatic carbocycles. The van der Waals surface area contributed by atoms with E-state index in [1.165, 1.54) is 14.2 Å². The molecule has 0 N–H and O–H groups in total. The lowest BCUT2D eigenvalue weighted by Crippen LogP contribution is -2.21. The molecule has 10 aromatic carbocycles. The topological polar surface area (TPSA) is 71.1 Å². The minimum Gasteiger partial charge on any atom is -0.467 e. The van der Waals surface area contributed by atoms with Gasteiger partial charge in [-0.15, -0.1) is 0 Å². The zero-order chi connectivity index (χ0) is 45.2. The Morgan fingerprint density at radius 1 is 0.303 bits per heavy atom. The molecular weight excluding hydrogens is 817 g/mol. The van der Waals surface area contributed by atoms with Gasteiger partial charge in [-0.05, 0) is 76.5 Å². The van der Waals surface area contributed by atoms with Crippen LogP contribution in [0.15, 0.2) is 231 Å². The number of rotatable bonds is 12. The average molecular weight is 865 g/mol. The van der Waals surface area contributed by atoms with Crippen LogP contribution < -0.4 is 0 Å². The van der Waals surface area contributed by atoms with Crippen molar-refractivity contribution >= 4 is 55.0 Å². The Morgan fingerprint density at radius 2 is 0.545 bits per heavy atom. The van der Waals surface area contributed by atoms with Gasteiger partial charge in [0.1, 0.15) is 12.2 Å². The molecule has 324 valence electrons. The lowest BCUT2D eigenvalue weighted by atomic mass is 9.92. The van der Waals surface area contributed by atoms with E-state index in [1.807, 2.05) is 133 Å². The lowest BCUT2D eigenvalue weighted by molar-refractivity contribution is -0.158. The molecule has 2 atom stereocenters. The molecule has 0 heterocycles. The van der Waals surface area contributed by atoms with E-state index >= 15 is 0 Å². The molecule has 10 aromatic rings. The molecule has 0 aromatic heterocycles. The van der Waals surface area contributed by atoms with Crippen molar-refractivity contribution in [1.82, 2.24) is 0 Å². The quantitative estimate of drug-likeness (QED) is 0.114. The Balaban J connectivity index is 0.000000166. The van der Waals surface area contributed by atoms with Gasteiger partial charge in [0.15, 0.2) is 12.2 Å². The molecule has 0 fully saturated rings. The van der Waals surface area contributed by atoms with E-state index in [0.717, 1.165) is 76.5 Å². The SMILES string of the molecule is COC(=O)[C@@H](OC(c1cccc2ccccc12)c1cccc2ccccc12)c1ccccc1.COC(=O)[C@@H](OC(c1cccc2ccccc12)c1cccc2ccccc12)c1ccccc1. The first-order valence-electron chi connectivity index (χ1n) is 22.0. The van der Waals surface area contributed by atoms with Crippen molar-refractivity contribution in [2.45, 2.75) is 24.4 Å². The second-order valence-corrected chi connectivity index (χ2v) is 15.9. The van der Waals surface area contributed by atoms with Crippen LogP contribution in [0, 0.1) is 0 Å². The van der Waals surface area contributed by atoms with Crippen molar-refractivity contribution < 1.29 is 28.5 Å². The molecule has 0 amide bonds. The van der Waals surface area contributed by atoms with Crippen molar-refractivity contribution in [3.05, 3.63) is 264 Å². The summed E-state index contributed by atoms with van der Waals surface area (Å²) < 4.78 is 23.7. The third kappa shape index (κ3) is 9.19. The van der Waals surface area contributed by atoms with E-state index in [1.54, 1.807) is 0 Å². The fourth-order valence-corrected chi connectivity index (χ4v) is 8.83. The molecule has 0 bridgehead atoms. The Kier molecular flexibility index (Phi) is 13.3. The molecule has 10 rings (SSSR count). The average Bonchev–Trinajstić information content (AvgIpc) is 3.39. The largest absolute Gasteiger partial charge is 0.467 e. The van der Waals surface area contributed by atoms with Crippen molar-refractivity contribution in [1.29, 1.82) is 0 Å². The fourth-order valence-electron chi connectivity index (χ4n) is 8.83. The van der Waals surface area contributed by atoms with Gasteiger partial charge in [-0.2, -0.15) is 0 Å². The molecule has 0 unspecified atom stereocenters. The summed E-state index contributed by atoms with van der Waals surface area (Å²) in [7, 11) is 2.79. The van der Waals surface area contributed by atoms with Gasteiger partial charge in [0.2, 0.25) is 0 Å². The van der Waals surface area contributed by atoms with E-state index in [2.05, 4.69) is 97.1 Å². The normalized spacial score (nSPS) is 12.2. The maximum absolute atomic E-state index is 12.9. The molecule has 0 spiro atoms. The zero-order valence-electron chi connectivity index (χ0n) is 36.7. The van der Waals surface area contributed by atoms with Crippen molar-refractivity contribution in [3.8, 4) is 0 Å². The smallest absolute Gasteiger partial charge is 0.339 e. The summed E-state index contributed by atoms with van der Waals surface area (Å²) in [5.41, 5.74) is 5.55. The Morgan fingerprint density at radius 3 is 0.818 bits per heavy atom. The van der Waals surface area contributed by atoms with Crippen LogP contribution in [-0.2, 0) is 28.5 Å². The highest BCUT2D eigenvalue weighted by Crippen LogP contribution is 2.41. The van der Waals surface area contributed by atoms with Gasteiger partial charge in [-0.25, -0.2) is 9.59 Å². The first kappa shape index (κ1) is 43.4. The Bertz CT molecular complexity index is 2860. The van der Waals surface area contributed by atoms with E-state index < -0.39 is 36.4 Å². The second kappa shape index (κ2) is 20.3. The van der Waals surface area contributed by atoms with Crippen molar-refractivity contribution in [3.63, 3.8) is 0 Å². The second-order valence-electron chi connectivity index (χ2n) is 15.9. The van der Waals surface area contributed by atoms with E-state index in [4.69, 9.17) is 18.9 Å². The summed E-state index contributed by atoms with van der Waals surface area (Å²) in [4.78, 5) is 25.8. The summed E-state index contributed by atoms with van der Waals surface area (Å²) in [5.74, 6) is -0.849. The third-order valence-electron chi connectivity index (χ3n) is 12.0. The first-order chi connectivity index (χ1) is 32.5. The standard InChI is InChI=1S/2C30H24O3/c2*1-32-30(31)28(23-13-3-2-4-14-23)33-29(26-19-9-15-21-11-5-7-17-24(21)26)27-20-10-16-22-12-6-8-18-25(22)27/h2*2-20,28-29H,1H3/t2*28-/m00/s1. The van der Waals surface area contributed by atoms with Crippen LogP contribution in [0.2, 0.25) is 0 Å². The highest BCUT2D eigenvalue weighted by atomic mass is 16.6. The first-order valence-corrected chi connectivity index (χ1v) is 22.0. The van der Waals surface area contributed by atoms with Gasteiger partial charge in [0, 0.05) is 0 Å². The van der Waals surface area contributed by atoms with E-state index in [9.17, 15) is 9.59 Å². The maximum atomic E-state index is 12.9. The van der Waals surface area contributed by atoms with Crippen LogP contribution in [0.1, 0.15) is 57.8 Å². The van der Waals surface area contributed by atoms with Crippen LogP contribution in [-0.4, -0.2) is 26.2 Å². The molecule has 0 radical (unpaired) electrons. The molecule has 0 saturated heterocycles. The minimum absolute atomic E-state index is 0.424. The fraction of sp³-hybridized carbons (Fsp3) is 0.100. The van der Waals surface area contributed by atoms with E-state index in [0.29, 0.717) is 0 Å². The number of carbonyl (C=O) groups excluding carboxylic acids is 2. The van der Waals surface area contributed by atoms with Gasteiger partial charge >= 0.3 is 11.9 Å². The number of ether oxygens (including phenoxy) is 4. The number of fused-ring (bicyclic) bond motifs is 4. The minimum atomic E-state index is -0.862. The van der Waals surface area contributed by atoms with Crippen LogP contribution >= 0.6 is 0 Å². The predicted molar refractivity (Wildman–Crippen MR) is 264 cm³/mol. The summed E-state index contributed by atoms with van der Waals surface area (Å²) in [6.07, 6.45) is -2.68. The van der Waals surface area contributed by atoms with Crippen molar-refractivity contribution in [2.24, 2.45) is 0 Å². The lowest BCUT2D eigenvalue weighted by Gasteiger charge is -2.26. The number of esters is 2. The van der Waals surface area contributed by atoms with Gasteiger partial charge in [0.25, 0.3) is 0 Å². The van der Waals surface area contributed by atoms with Crippen LogP contribution in [0.4, 0.5) is 0 Å². The van der Waals surface area contributed by atoms with Crippen molar-refractivity contribution in [2.75, 3.05) is 14.2 Å². The number of hydrogen-bond donors (Lipinski definition) is 0. The van der Waals surface area contributed by atoms with Gasteiger partial charge < -0.3 is 18.9 Å². The molecule has 0 aliphatic heterocycles. The van der Waals surface area contributed by atoms with Crippen LogP contribution in [0.25, 0.3) is 43.1 Å². The molecule has 0 aliphatic rings. The highest BCUT2D eigenvalue weighted by Gasteiger charge is 2.31. The molecule has 6 nitrogen and oxygen atoms in total. The zero-order valence-corrected chi connectivity index (χ0v) is 36.7. The van der Waals surface area contributed by atoms with Crippen LogP contribution in [0.5, 0.6) is 0 Å². The Hall–Kier alpha value is -7.90. The van der Waals surface area contributed by atoms with Crippen LogP contribution in [0.3, 0.4) is 0 Å². The maximum Gasteiger partial charge on any atom is 0.339 e. The van der Waals surface area contributed by atoms with E-state index in [-0.39, 0.29) is 0 Å². The summed E-state index contributed by atoms with van der Waals surface area (Å²) >= 11 is 0. The Labute approximate surface area is 384 Å². The van der Waals surface area contributed by atoms with Gasteiger partial charge in [-0.3, -0.25) is 0 Å². The molecular formula is C60H48O6. The number of hydrogen-bond acceptors (Lipinski definition) is 6. The summed E-state index contributed by atoms with van der Waals surface area (Å²) in [6.45, 7) is 0. The summed E-state index contributed by atoms with van der Waals surface area (Å²) in [6, 6.07) is 76.8. The molecule has 6 heteroatoms. The summed E-state index contributed by atoms with van der Waals surface area (Å²) in [5, 5.41) is 8.86.